The van der Waals surface area contributed by atoms with Crippen LogP contribution in [0, 0.1) is 0 Å². The number of carbonyl (C=O) groups excluding carboxylic acids is 1. The summed E-state index contributed by atoms with van der Waals surface area (Å²) in [7, 11) is 0. The first-order valence-electron chi connectivity index (χ1n) is 5.62. The van der Waals surface area contributed by atoms with Gasteiger partial charge < -0.3 is 0 Å². The van der Waals surface area contributed by atoms with Crippen LogP contribution < -0.4 is 11.3 Å². The zero-order valence-electron chi connectivity index (χ0n) is 10.6. The van der Waals surface area contributed by atoms with Gasteiger partial charge in [0.05, 0.1) is 6.42 Å². The molecule has 94 valence electrons. The quantitative estimate of drug-likeness (QED) is 0.491. The van der Waals surface area contributed by atoms with E-state index < -0.39 is 0 Å². The maximum absolute atomic E-state index is 11.3. The van der Waals surface area contributed by atoms with E-state index in [9.17, 15) is 4.79 Å². The Kier molecular flexibility index (Phi) is 5.02. The van der Waals surface area contributed by atoms with E-state index in [0.717, 1.165) is 11.3 Å². The van der Waals surface area contributed by atoms with Crippen molar-refractivity contribution >= 4 is 17.7 Å². The van der Waals surface area contributed by atoms with Crippen molar-refractivity contribution in [1.29, 1.82) is 0 Å². The largest absolute Gasteiger partial charge is 0.294 e. The fraction of sp³-hybridized carbons (Fsp3) is 0.462. The highest BCUT2D eigenvalue weighted by atomic mass is 32.2. The van der Waals surface area contributed by atoms with Gasteiger partial charge in [-0.15, -0.1) is 0 Å². The third kappa shape index (κ3) is 5.24. The number of rotatable bonds is 4. The Morgan fingerprint density at radius 2 is 1.88 bits per heavy atom. The first kappa shape index (κ1) is 14.1. The molecule has 0 saturated heterocycles. The number of hydrogen-bond acceptors (Lipinski definition) is 3. The van der Waals surface area contributed by atoms with Crippen LogP contribution in [0.3, 0.4) is 0 Å². The Morgan fingerprint density at radius 3 is 2.41 bits per heavy atom. The summed E-state index contributed by atoms with van der Waals surface area (Å²) in [5.41, 5.74) is 4.42. The number of thioether (sulfide) groups is 1. The van der Waals surface area contributed by atoms with Crippen molar-refractivity contribution < 1.29 is 4.79 Å². The van der Waals surface area contributed by atoms with Crippen molar-refractivity contribution in [2.45, 2.75) is 37.7 Å². The Morgan fingerprint density at radius 1 is 1.29 bits per heavy atom. The fourth-order valence-corrected chi connectivity index (χ4v) is 2.26. The molecule has 3 N–H and O–H groups in total. The van der Waals surface area contributed by atoms with Crippen LogP contribution in [0.15, 0.2) is 24.3 Å². The van der Waals surface area contributed by atoms with Crippen LogP contribution in [-0.2, 0) is 17.0 Å². The number of amides is 1. The average molecular weight is 252 g/mol. The van der Waals surface area contributed by atoms with E-state index in [2.05, 4.69) is 32.3 Å². The average Bonchev–Trinajstić information content (AvgIpc) is 2.26. The van der Waals surface area contributed by atoms with Crippen molar-refractivity contribution in [2.75, 3.05) is 0 Å². The van der Waals surface area contributed by atoms with E-state index in [1.807, 2.05) is 30.0 Å². The van der Waals surface area contributed by atoms with Crippen LogP contribution in [-0.4, -0.2) is 10.7 Å². The summed E-state index contributed by atoms with van der Waals surface area (Å²) in [5, 5.41) is 0. The van der Waals surface area contributed by atoms with E-state index in [1.54, 1.807) is 0 Å². The minimum Gasteiger partial charge on any atom is -0.294 e. The molecule has 0 unspecified atom stereocenters. The third-order valence-corrected chi connectivity index (χ3v) is 3.61. The molecule has 0 aliphatic carbocycles. The second-order valence-electron chi connectivity index (χ2n) is 4.91. The molecule has 0 spiro atoms. The van der Waals surface area contributed by atoms with Crippen LogP contribution in [0.2, 0.25) is 0 Å². The molecule has 1 amide bonds. The van der Waals surface area contributed by atoms with Gasteiger partial charge >= 0.3 is 0 Å². The molecule has 0 aliphatic rings. The van der Waals surface area contributed by atoms with Gasteiger partial charge in [0.25, 0.3) is 0 Å². The predicted octanol–water partition coefficient (Wildman–Crippen LogP) is 2.25. The van der Waals surface area contributed by atoms with E-state index in [-0.39, 0.29) is 10.7 Å². The monoisotopic (exact) mass is 252 g/mol. The molecule has 0 aromatic heterocycles. The zero-order valence-corrected chi connectivity index (χ0v) is 11.4. The number of carbonyl (C=O) groups is 1. The van der Waals surface area contributed by atoms with Gasteiger partial charge in [0.1, 0.15) is 0 Å². The minimum absolute atomic E-state index is 0.154. The summed E-state index contributed by atoms with van der Waals surface area (Å²) in [6.45, 7) is 6.56. The molecule has 0 aliphatic heterocycles. The van der Waals surface area contributed by atoms with E-state index >= 15 is 0 Å². The van der Waals surface area contributed by atoms with Crippen LogP contribution >= 0.6 is 11.8 Å². The number of nitrogens with one attached hydrogen (secondary N) is 1. The molecule has 3 nitrogen and oxygen atoms in total. The minimum atomic E-state index is -0.154. The lowest BCUT2D eigenvalue weighted by atomic mass is 10.1. The molecule has 1 aromatic carbocycles. The molecule has 0 radical (unpaired) electrons. The van der Waals surface area contributed by atoms with Crippen LogP contribution in [0.1, 0.15) is 31.9 Å². The molecular weight excluding hydrogens is 232 g/mol. The van der Waals surface area contributed by atoms with E-state index in [4.69, 9.17) is 5.84 Å². The SMILES string of the molecule is CC(C)(C)SCc1ccccc1CC(=O)NN. The number of benzene rings is 1. The maximum atomic E-state index is 11.3. The highest BCUT2D eigenvalue weighted by Crippen LogP contribution is 2.28. The van der Waals surface area contributed by atoms with Gasteiger partial charge in [0, 0.05) is 10.5 Å². The second kappa shape index (κ2) is 6.07. The summed E-state index contributed by atoms with van der Waals surface area (Å²) in [4.78, 5) is 11.3. The van der Waals surface area contributed by atoms with Gasteiger partial charge in [-0.3, -0.25) is 10.2 Å². The van der Waals surface area contributed by atoms with Crippen LogP contribution in [0.4, 0.5) is 0 Å². The Balaban J connectivity index is 2.74. The second-order valence-corrected chi connectivity index (χ2v) is 6.72. The lowest BCUT2D eigenvalue weighted by Gasteiger charge is -2.18. The smallest absolute Gasteiger partial charge is 0.238 e. The summed E-state index contributed by atoms with van der Waals surface area (Å²) >= 11 is 1.87. The molecular formula is C13H20N2OS. The number of nitrogens with two attached hydrogens (primary N) is 1. The van der Waals surface area contributed by atoms with Crippen molar-refractivity contribution in [2.24, 2.45) is 5.84 Å². The number of hydrogen-bond donors (Lipinski definition) is 2. The molecule has 4 heteroatoms. The molecule has 0 atom stereocenters. The molecule has 1 aromatic rings. The highest BCUT2D eigenvalue weighted by molar-refractivity contribution is 7.99. The van der Waals surface area contributed by atoms with Crippen molar-refractivity contribution in [1.82, 2.24) is 5.43 Å². The Labute approximate surface area is 107 Å². The molecule has 0 bridgehead atoms. The Hall–Kier alpha value is -1.00. The maximum Gasteiger partial charge on any atom is 0.238 e. The van der Waals surface area contributed by atoms with Crippen LogP contribution in [0.25, 0.3) is 0 Å². The molecule has 17 heavy (non-hydrogen) atoms. The van der Waals surface area contributed by atoms with Gasteiger partial charge in [-0.05, 0) is 11.1 Å². The summed E-state index contributed by atoms with van der Waals surface area (Å²) in [6.07, 6.45) is 0.345. The van der Waals surface area contributed by atoms with Gasteiger partial charge in [0.15, 0.2) is 0 Å². The molecule has 1 rings (SSSR count). The lowest BCUT2D eigenvalue weighted by Crippen LogP contribution is -2.31. The molecule has 0 heterocycles. The molecule has 0 saturated carbocycles. The normalized spacial score (nSPS) is 11.3. The van der Waals surface area contributed by atoms with Gasteiger partial charge in [-0.2, -0.15) is 11.8 Å². The zero-order chi connectivity index (χ0) is 12.9. The van der Waals surface area contributed by atoms with Crippen molar-refractivity contribution in [3.05, 3.63) is 35.4 Å². The lowest BCUT2D eigenvalue weighted by molar-refractivity contribution is -0.120. The molecule has 0 fully saturated rings. The Bertz CT molecular complexity index is 385. The summed E-state index contributed by atoms with van der Waals surface area (Å²) < 4.78 is 0.225. The van der Waals surface area contributed by atoms with Crippen molar-refractivity contribution in [3.8, 4) is 0 Å². The number of hydrazine groups is 1. The van der Waals surface area contributed by atoms with Crippen molar-refractivity contribution in [3.63, 3.8) is 0 Å². The van der Waals surface area contributed by atoms with E-state index in [1.165, 1.54) is 5.56 Å². The first-order valence-corrected chi connectivity index (χ1v) is 6.61. The standard InChI is InChI=1S/C13H20N2OS/c1-13(2,3)17-9-11-7-5-4-6-10(11)8-12(16)15-14/h4-7H,8-9,14H2,1-3H3,(H,15,16). The van der Waals surface area contributed by atoms with Gasteiger partial charge in [-0.25, -0.2) is 5.84 Å². The van der Waals surface area contributed by atoms with E-state index in [0.29, 0.717) is 6.42 Å². The van der Waals surface area contributed by atoms with Gasteiger partial charge in [0.2, 0.25) is 5.91 Å². The predicted molar refractivity (Wildman–Crippen MR) is 73.5 cm³/mol. The third-order valence-electron chi connectivity index (χ3n) is 2.29. The van der Waals surface area contributed by atoms with Gasteiger partial charge in [-0.1, -0.05) is 45.0 Å². The fourth-order valence-electron chi connectivity index (χ4n) is 1.39. The topological polar surface area (TPSA) is 55.1 Å². The van der Waals surface area contributed by atoms with Crippen LogP contribution in [0.5, 0.6) is 0 Å². The highest BCUT2D eigenvalue weighted by Gasteiger charge is 2.13. The first-order chi connectivity index (χ1) is 7.92. The summed E-state index contributed by atoms with van der Waals surface area (Å²) in [5.74, 6) is 5.87. The summed E-state index contributed by atoms with van der Waals surface area (Å²) in [6, 6.07) is 8.00.